The van der Waals surface area contributed by atoms with Crippen molar-refractivity contribution in [3.63, 3.8) is 0 Å². The fourth-order valence-corrected chi connectivity index (χ4v) is 8.52. The zero-order valence-corrected chi connectivity index (χ0v) is 29.3. The summed E-state index contributed by atoms with van der Waals surface area (Å²) in [6.07, 6.45) is 7.38. The minimum Gasteiger partial charge on any atom is -0.494 e. The van der Waals surface area contributed by atoms with Crippen LogP contribution in [0.25, 0.3) is 10.8 Å². The van der Waals surface area contributed by atoms with Gasteiger partial charge in [-0.15, -0.1) is 13.2 Å². The molecule has 3 amide bonds. The van der Waals surface area contributed by atoms with Crippen LogP contribution in [0.2, 0.25) is 0 Å². The number of anilines is 2. The molecule has 9 nitrogen and oxygen atoms in total. The van der Waals surface area contributed by atoms with E-state index in [2.05, 4.69) is 13.2 Å². The lowest BCUT2D eigenvalue weighted by Crippen LogP contribution is -2.56. The van der Waals surface area contributed by atoms with Gasteiger partial charge in [-0.1, -0.05) is 55.3 Å². The monoisotopic (exact) mass is 679 g/mol. The van der Waals surface area contributed by atoms with E-state index in [4.69, 9.17) is 9.47 Å². The maximum Gasteiger partial charge on any atom is 0.253 e. The normalized spacial score (nSPS) is 25.1. The molecule has 3 heterocycles. The number of amides is 3. The van der Waals surface area contributed by atoms with E-state index in [1.807, 2.05) is 80.6 Å². The zero-order chi connectivity index (χ0) is 35.5. The average Bonchev–Trinajstić information content (AvgIpc) is 3.69. The Bertz CT molecular complexity index is 1740. The molecule has 6 rings (SSSR count). The molecule has 1 spiro atoms. The number of rotatable bonds is 16. The van der Waals surface area contributed by atoms with Gasteiger partial charge >= 0.3 is 0 Å². The van der Waals surface area contributed by atoms with Gasteiger partial charge in [-0.05, 0) is 86.7 Å². The maximum absolute atomic E-state index is 15.1. The highest BCUT2D eigenvalue weighted by molar-refractivity contribution is 6.07. The van der Waals surface area contributed by atoms with Crippen molar-refractivity contribution < 1.29 is 29.0 Å². The number of hydrogen-bond acceptors (Lipinski definition) is 6. The van der Waals surface area contributed by atoms with Gasteiger partial charge in [0.1, 0.15) is 17.4 Å². The van der Waals surface area contributed by atoms with Crippen LogP contribution in [0.3, 0.4) is 0 Å². The van der Waals surface area contributed by atoms with Crippen LogP contribution in [0.1, 0.15) is 52.4 Å². The summed E-state index contributed by atoms with van der Waals surface area (Å²) in [5.74, 6) is -1.58. The number of hydrogen-bond donors (Lipinski definition) is 1. The van der Waals surface area contributed by atoms with Gasteiger partial charge in [0.05, 0.1) is 24.0 Å². The fraction of sp³-hybridized carbons (Fsp3) is 0.439. The van der Waals surface area contributed by atoms with E-state index in [0.717, 1.165) is 23.6 Å². The summed E-state index contributed by atoms with van der Waals surface area (Å²) < 4.78 is 12.6. The van der Waals surface area contributed by atoms with E-state index >= 15 is 4.79 Å². The Morgan fingerprint density at radius 3 is 2.26 bits per heavy atom. The first-order chi connectivity index (χ1) is 24.2. The van der Waals surface area contributed by atoms with Crippen LogP contribution in [0.5, 0.6) is 5.75 Å². The van der Waals surface area contributed by atoms with Crippen LogP contribution < -0.4 is 14.5 Å². The SMILES string of the molecule is C=CCN(C(=O)C1N(CCCCCCO)C(=O)[C@@H]2[C@H](C(=O)N(CC=C)c3ccc(OCC)cc3)[C@]3(C)CCC12O3)c1ccc2ccccc2c1. The molecule has 2 unspecified atom stereocenters. The lowest BCUT2D eigenvalue weighted by Gasteiger charge is -2.37. The minimum absolute atomic E-state index is 0.114. The number of ether oxygens (including phenoxy) is 2. The predicted molar refractivity (Wildman–Crippen MR) is 196 cm³/mol. The van der Waals surface area contributed by atoms with Crippen molar-refractivity contribution in [2.45, 2.75) is 69.6 Å². The number of nitrogens with zero attached hydrogens (tertiary/aromatic N) is 3. The molecule has 3 aliphatic rings. The summed E-state index contributed by atoms with van der Waals surface area (Å²) >= 11 is 0. The summed E-state index contributed by atoms with van der Waals surface area (Å²) in [6, 6.07) is 20.3. The Morgan fingerprint density at radius 2 is 1.58 bits per heavy atom. The molecule has 0 aliphatic carbocycles. The molecule has 264 valence electrons. The molecule has 0 radical (unpaired) electrons. The number of aliphatic hydroxyl groups excluding tert-OH is 1. The third-order valence-corrected chi connectivity index (χ3v) is 10.7. The summed E-state index contributed by atoms with van der Waals surface area (Å²) in [6.45, 7) is 13.2. The summed E-state index contributed by atoms with van der Waals surface area (Å²) in [5, 5.41) is 11.4. The molecule has 0 saturated carbocycles. The molecule has 1 N–H and O–H groups in total. The molecule has 3 aromatic rings. The van der Waals surface area contributed by atoms with Gasteiger partial charge in [0.15, 0.2) is 0 Å². The van der Waals surface area contributed by atoms with Crippen LogP contribution in [0.15, 0.2) is 92.0 Å². The van der Waals surface area contributed by atoms with Gasteiger partial charge in [0.2, 0.25) is 11.8 Å². The number of aliphatic hydroxyl groups is 1. The second kappa shape index (κ2) is 14.8. The third-order valence-electron chi connectivity index (χ3n) is 10.7. The first kappa shape index (κ1) is 35.4. The molecule has 3 saturated heterocycles. The summed E-state index contributed by atoms with van der Waals surface area (Å²) in [4.78, 5) is 49.7. The van der Waals surface area contributed by atoms with Crippen molar-refractivity contribution in [3.05, 3.63) is 92.0 Å². The van der Waals surface area contributed by atoms with Crippen LogP contribution >= 0.6 is 0 Å². The highest BCUT2D eigenvalue weighted by Crippen LogP contribution is 2.63. The van der Waals surface area contributed by atoms with Crippen molar-refractivity contribution in [2.24, 2.45) is 11.8 Å². The largest absolute Gasteiger partial charge is 0.494 e. The van der Waals surface area contributed by atoms with Crippen LogP contribution in [-0.2, 0) is 19.1 Å². The Hall–Kier alpha value is -4.47. The van der Waals surface area contributed by atoms with Gasteiger partial charge in [-0.2, -0.15) is 0 Å². The third kappa shape index (κ3) is 6.22. The van der Waals surface area contributed by atoms with E-state index in [1.165, 1.54) is 0 Å². The molecule has 3 fully saturated rings. The van der Waals surface area contributed by atoms with Gasteiger partial charge in [0, 0.05) is 37.6 Å². The average molecular weight is 680 g/mol. The van der Waals surface area contributed by atoms with Crippen LogP contribution in [-0.4, -0.2) is 77.8 Å². The number of benzene rings is 3. The molecule has 2 bridgehead atoms. The van der Waals surface area contributed by atoms with Gasteiger partial charge in [0.25, 0.3) is 5.91 Å². The second-order valence-corrected chi connectivity index (χ2v) is 13.8. The quantitative estimate of drug-likeness (QED) is 0.141. The minimum atomic E-state index is -1.16. The van der Waals surface area contributed by atoms with Crippen molar-refractivity contribution in [1.29, 1.82) is 0 Å². The smallest absolute Gasteiger partial charge is 0.253 e. The number of carbonyl (C=O) groups is 3. The second-order valence-electron chi connectivity index (χ2n) is 13.8. The molecule has 5 atom stereocenters. The first-order valence-corrected chi connectivity index (χ1v) is 17.9. The number of carbonyl (C=O) groups excluding carboxylic acids is 3. The van der Waals surface area contributed by atoms with E-state index in [9.17, 15) is 14.7 Å². The van der Waals surface area contributed by atoms with Gasteiger partial charge in [-0.3, -0.25) is 14.4 Å². The molecule has 9 heteroatoms. The van der Waals surface area contributed by atoms with Crippen molar-refractivity contribution in [3.8, 4) is 5.75 Å². The molecular formula is C41H49N3O6. The molecule has 0 aromatic heterocycles. The Kier molecular flexibility index (Phi) is 10.5. The predicted octanol–water partition coefficient (Wildman–Crippen LogP) is 6.29. The Morgan fingerprint density at radius 1 is 0.920 bits per heavy atom. The molecule has 3 aliphatic heterocycles. The van der Waals surface area contributed by atoms with Crippen molar-refractivity contribution in [2.75, 3.05) is 42.6 Å². The fourth-order valence-electron chi connectivity index (χ4n) is 8.52. The summed E-state index contributed by atoms with van der Waals surface area (Å²) in [5.41, 5.74) is -0.711. The number of unbranched alkanes of at least 4 members (excludes halogenated alkanes) is 3. The number of likely N-dealkylation sites (tertiary alicyclic amines) is 1. The Labute approximate surface area is 295 Å². The Balaban J connectivity index is 1.39. The lowest BCUT2D eigenvalue weighted by atomic mass is 9.66. The van der Waals surface area contributed by atoms with Gasteiger partial charge in [-0.25, -0.2) is 0 Å². The topological polar surface area (TPSA) is 99.6 Å². The van der Waals surface area contributed by atoms with Crippen LogP contribution in [0, 0.1) is 11.8 Å². The summed E-state index contributed by atoms with van der Waals surface area (Å²) in [7, 11) is 0. The lowest BCUT2D eigenvalue weighted by molar-refractivity contribution is -0.144. The zero-order valence-electron chi connectivity index (χ0n) is 29.3. The van der Waals surface area contributed by atoms with Crippen molar-refractivity contribution >= 4 is 39.9 Å². The highest BCUT2D eigenvalue weighted by Gasteiger charge is 2.78. The van der Waals surface area contributed by atoms with Crippen molar-refractivity contribution in [1.82, 2.24) is 4.90 Å². The van der Waals surface area contributed by atoms with E-state index in [-0.39, 0.29) is 37.4 Å². The molecular weight excluding hydrogens is 630 g/mol. The van der Waals surface area contributed by atoms with Gasteiger partial charge < -0.3 is 29.3 Å². The van der Waals surface area contributed by atoms with E-state index in [1.54, 1.807) is 26.9 Å². The molecule has 50 heavy (non-hydrogen) atoms. The van der Waals surface area contributed by atoms with Crippen LogP contribution in [0.4, 0.5) is 11.4 Å². The molecule has 3 aromatic carbocycles. The highest BCUT2D eigenvalue weighted by atomic mass is 16.5. The standard InChI is InChI=1S/C41H49N3O6/c1-5-24-42(31-18-20-33(21-19-31)49-7-3)37(46)34-35-38(47)44(26-12-8-9-13-27-45)36(41(35)23-22-40(34,4)50-41)39(48)43(25-6-2)32-17-16-29-14-10-11-15-30(29)28-32/h5-6,10-11,14-21,28,34-36,45H,1-2,7-9,12-13,22-27H2,3-4H3/t34-,35+,36?,40+,41?/m1/s1. The first-order valence-electron chi connectivity index (χ1n) is 17.9. The van der Waals surface area contributed by atoms with E-state index < -0.39 is 29.1 Å². The van der Waals surface area contributed by atoms with E-state index in [0.29, 0.717) is 56.0 Å². The maximum atomic E-state index is 15.1. The number of fused-ring (bicyclic) bond motifs is 2.